The molecular weight excluding hydrogens is 210 g/mol. The molecular formula is C14H25N3. The van der Waals surface area contributed by atoms with Gasteiger partial charge in [0.25, 0.3) is 0 Å². The average molecular weight is 235 g/mol. The first-order valence-electron chi connectivity index (χ1n) is 6.40. The number of aliphatic imine (C=N–C) groups is 1. The Morgan fingerprint density at radius 1 is 1.59 bits per heavy atom. The Hall–Kier alpha value is -1.25. The molecule has 0 radical (unpaired) electrons. The summed E-state index contributed by atoms with van der Waals surface area (Å²) in [5.74, 6) is 0.509. The lowest BCUT2D eigenvalue weighted by Crippen LogP contribution is -2.33. The van der Waals surface area contributed by atoms with Crippen LogP contribution >= 0.6 is 0 Å². The summed E-state index contributed by atoms with van der Waals surface area (Å²) in [6, 6.07) is 0. The standard InChI is InChI=1S/C14H25N3/c1-4-10-16-13(15)17-11-14(2,3)12-8-6-5-7-9-12/h4,8H,1,5-7,9-11H2,2-3H3,(H3,15,16,17). The Morgan fingerprint density at radius 3 is 2.94 bits per heavy atom. The van der Waals surface area contributed by atoms with Gasteiger partial charge in [-0.05, 0) is 25.7 Å². The van der Waals surface area contributed by atoms with Crippen molar-refractivity contribution in [3.05, 3.63) is 24.3 Å². The molecule has 0 atom stereocenters. The maximum Gasteiger partial charge on any atom is 0.188 e. The molecule has 0 amide bonds. The van der Waals surface area contributed by atoms with Crippen LogP contribution in [-0.2, 0) is 0 Å². The zero-order chi connectivity index (χ0) is 12.7. The van der Waals surface area contributed by atoms with Crippen molar-refractivity contribution in [1.29, 1.82) is 0 Å². The van der Waals surface area contributed by atoms with Crippen LogP contribution in [0.1, 0.15) is 39.5 Å². The molecule has 1 rings (SSSR count). The minimum absolute atomic E-state index is 0.126. The first-order valence-corrected chi connectivity index (χ1v) is 6.40. The van der Waals surface area contributed by atoms with E-state index in [-0.39, 0.29) is 5.41 Å². The lowest BCUT2D eigenvalue weighted by atomic mass is 9.79. The molecule has 0 fully saturated rings. The fourth-order valence-corrected chi connectivity index (χ4v) is 2.07. The van der Waals surface area contributed by atoms with E-state index in [1.807, 2.05) is 0 Å². The molecule has 0 spiro atoms. The Bertz CT molecular complexity index is 313. The molecule has 0 aromatic carbocycles. The summed E-state index contributed by atoms with van der Waals surface area (Å²) in [7, 11) is 0. The monoisotopic (exact) mass is 235 g/mol. The van der Waals surface area contributed by atoms with E-state index in [2.05, 4.69) is 36.8 Å². The maximum atomic E-state index is 5.77. The summed E-state index contributed by atoms with van der Waals surface area (Å²) in [5.41, 5.74) is 7.43. The van der Waals surface area contributed by atoms with Gasteiger partial charge in [-0.25, -0.2) is 0 Å². The van der Waals surface area contributed by atoms with Gasteiger partial charge in [-0.1, -0.05) is 31.6 Å². The van der Waals surface area contributed by atoms with Gasteiger partial charge in [0.2, 0.25) is 0 Å². The third-order valence-corrected chi connectivity index (χ3v) is 3.23. The molecule has 0 aromatic rings. The second-order valence-electron chi connectivity index (χ2n) is 5.23. The van der Waals surface area contributed by atoms with Gasteiger partial charge >= 0.3 is 0 Å². The van der Waals surface area contributed by atoms with Crippen molar-refractivity contribution in [1.82, 2.24) is 5.32 Å². The molecule has 1 aliphatic carbocycles. The van der Waals surface area contributed by atoms with Crippen LogP contribution in [0, 0.1) is 5.41 Å². The van der Waals surface area contributed by atoms with Crippen LogP contribution in [0.5, 0.6) is 0 Å². The summed E-state index contributed by atoms with van der Waals surface area (Å²) in [5, 5.41) is 3.00. The van der Waals surface area contributed by atoms with E-state index in [1.54, 1.807) is 6.08 Å². The Kier molecular flexibility index (Phi) is 5.26. The number of guanidine groups is 1. The molecule has 1 aliphatic rings. The van der Waals surface area contributed by atoms with Gasteiger partial charge in [0.05, 0.1) is 6.54 Å². The molecule has 96 valence electrons. The van der Waals surface area contributed by atoms with Gasteiger partial charge in [0.15, 0.2) is 5.96 Å². The number of nitrogens with two attached hydrogens (primary N) is 1. The number of nitrogens with one attached hydrogen (secondary N) is 1. The highest BCUT2D eigenvalue weighted by Gasteiger charge is 2.23. The Labute approximate surface area is 105 Å². The predicted octanol–water partition coefficient (Wildman–Crippen LogP) is 2.60. The predicted molar refractivity (Wildman–Crippen MR) is 75.0 cm³/mol. The van der Waals surface area contributed by atoms with Gasteiger partial charge in [-0.15, -0.1) is 6.58 Å². The number of nitrogens with zero attached hydrogens (tertiary/aromatic N) is 1. The van der Waals surface area contributed by atoms with Crippen LogP contribution < -0.4 is 11.1 Å². The normalized spacial score (nSPS) is 17.5. The second kappa shape index (κ2) is 6.48. The topological polar surface area (TPSA) is 50.4 Å². The maximum absolute atomic E-state index is 5.77. The van der Waals surface area contributed by atoms with Gasteiger partial charge in [0.1, 0.15) is 0 Å². The summed E-state index contributed by atoms with van der Waals surface area (Å²) >= 11 is 0. The largest absolute Gasteiger partial charge is 0.370 e. The highest BCUT2D eigenvalue weighted by atomic mass is 15.1. The molecule has 0 saturated heterocycles. The number of rotatable bonds is 5. The van der Waals surface area contributed by atoms with Crippen LogP contribution in [0.15, 0.2) is 29.3 Å². The molecule has 0 heterocycles. The van der Waals surface area contributed by atoms with Crippen LogP contribution in [-0.4, -0.2) is 19.0 Å². The summed E-state index contributed by atoms with van der Waals surface area (Å²) in [6.07, 6.45) is 9.22. The summed E-state index contributed by atoms with van der Waals surface area (Å²) in [6.45, 7) is 9.53. The third-order valence-electron chi connectivity index (χ3n) is 3.23. The highest BCUT2D eigenvalue weighted by Crippen LogP contribution is 2.33. The summed E-state index contributed by atoms with van der Waals surface area (Å²) < 4.78 is 0. The van der Waals surface area contributed by atoms with Crippen molar-refractivity contribution >= 4 is 5.96 Å². The van der Waals surface area contributed by atoms with Crippen molar-refractivity contribution in [3.63, 3.8) is 0 Å². The molecule has 0 unspecified atom stereocenters. The first kappa shape index (κ1) is 13.8. The second-order valence-corrected chi connectivity index (χ2v) is 5.23. The van der Waals surface area contributed by atoms with Crippen molar-refractivity contribution in [3.8, 4) is 0 Å². The van der Waals surface area contributed by atoms with Crippen LogP contribution in [0.25, 0.3) is 0 Å². The van der Waals surface area contributed by atoms with Crippen LogP contribution in [0.3, 0.4) is 0 Å². The van der Waals surface area contributed by atoms with E-state index in [1.165, 1.54) is 31.3 Å². The van der Waals surface area contributed by atoms with E-state index in [0.717, 1.165) is 6.54 Å². The smallest absolute Gasteiger partial charge is 0.188 e. The van der Waals surface area contributed by atoms with Crippen molar-refractivity contribution in [2.75, 3.05) is 13.1 Å². The Balaban J connectivity index is 2.53. The SMILES string of the molecule is C=CCNC(N)=NCC(C)(C)C1=CCCCC1. The number of allylic oxidation sites excluding steroid dienone is 1. The molecule has 17 heavy (non-hydrogen) atoms. The molecule has 3 heteroatoms. The quantitative estimate of drug-likeness (QED) is 0.437. The molecule has 0 aromatic heterocycles. The van der Waals surface area contributed by atoms with E-state index in [9.17, 15) is 0 Å². The zero-order valence-electron chi connectivity index (χ0n) is 11.1. The lowest BCUT2D eigenvalue weighted by Gasteiger charge is -2.29. The fourth-order valence-electron chi connectivity index (χ4n) is 2.07. The van der Waals surface area contributed by atoms with Crippen LogP contribution in [0.4, 0.5) is 0 Å². The van der Waals surface area contributed by atoms with E-state index < -0.39 is 0 Å². The molecule has 0 saturated carbocycles. The molecule has 0 aliphatic heterocycles. The van der Waals surface area contributed by atoms with Crippen molar-refractivity contribution in [2.45, 2.75) is 39.5 Å². The van der Waals surface area contributed by atoms with Crippen molar-refractivity contribution < 1.29 is 0 Å². The minimum Gasteiger partial charge on any atom is -0.370 e. The lowest BCUT2D eigenvalue weighted by molar-refractivity contribution is 0.426. The van der Waals surface area contributed by atoms with Gasteiger partial charge < -0.3 is 11.1 Å². The first-order chi connectivity index (χ1) is 8.06. The fraction of sp³-hybridized carbons (Fsp3) is 0.643. The minimum atomic E-state index is 0.126. The van der Waals surface area contributed by atoms with E-state index >= 15 is 0 Å². The van der Waals surface area contributed by atoms with Gasteiger partial charge in [0, 0.05) is 12.0 Å². The number of hydrogen-bond donors (Lipinski definition) is 2. The van der Waals surface area contributed by atoms with E-state index in [0.29, 0.717) is 12.5 Å². The summed E-state index contributed by atoms with van der Waals surface area (Å²) in [4.78, 5) is 4.40. The highest BCUT2D eigenvalue weighted by molar-refractivity contribution is 5.77. The molecule has 3 nitrogen and oxygen atoms in total. The average Bonchev–Trinajstić information content (AvgIpc) is 2.35. The van der Waals surface area contributed by atoms with Gasteiger partial charge in [-0.2, -0.15) is 0 Å². The van der Waals surface area contributed by atoms with E-state index in [4.69, 9.17) is 5.73 Å². The molecule has 3 N–H and O–H groups in total. The number of hydrogen-bond acceptors (Lipinski definition) is 1. The Morgan fingerprint density at radius 2 is 2.35 bits per heavy atom. The molecule has 0 bridgehead atoms. The van der Waals surface area contributed by atoms with Gasteiger partial charge in [-0.3, -0.25) is 4.99 Å². The third kappa shape index (κ3) is 4.63. The van der Waals surface area contributed by atoms with Crippen molar-refractivity contribution in [2.24, 2.45) is 16.1 Å². The van der Waals surface area contributed by atoms with Crippen LogP contribution in [0.2, 0.25) is 0 Å². The zero-order valence-corrected chi connectivity index (χ0v) is 11.1.